The summed E-state index contributed by atoms with van der Waals surface area (Å²) in [7, 11) is 0. The third kappa shape index (κ3) is 5.31. The minimum Gasteiger partial charge on any atom is -0.507 e. The number of halogens is 1. The molecule has 1 aromatic heterocycles. The van der Waals surface area contributed by atoms with E-state index in [0.717, 1.165) is 35.5 Å². The molecule has 43 heavy (non-hydrogen) atoms. The van der Waals surface area contributed by atoms with Gasteiger partial charge in [-0.2, -0.15) is 0 Å². The Balaban J connectivity index is 1.51. The predicted molar refractivity (Wildman–Crippen MR) is 163 cm³/mol. The Hall–Kier alpha value is -4.44. The van der Waals surface area contributed by atoms with E-state index in [-0.39, 0.29) is 22.6 Å². The molecule has 2 aliphatic rings. The standard InChI is InChI=1S/C33H31FN2O6S/c1-4-6-13-41-25-12-7-19(16-26(25)40-5-2)29-28(30(37)20-8-11-24-21(15-20)14-18(3)42-24)31(38)32(39)36(29)33-35-23-10-9-22(34)17-27(23)43-33/h7-12,15-18,29,37H,4-6,13-14H2,1-3H3/t18-,29-/m0/s1. The number of nitrogens with zero attached hydrogens (tertiary/aromatic N) is 2. The third-order valence-corrected chi connectivity index (χ3v) is 8.52. The summed E-state index contributed by atoms with van der Waals surface area (Å²) in [5, 5.41) is 11.9. The van der Waals surface area contributed by atoms with E-state index in [1.54, 1.807) is 36.4 Å². The van der Waals surface area contributed by atoms with Crippen LogP contribution in [0.2, 0.25) is 0 Å². The van der Waals surface area contributed by atoms with Gasteiger partial charge in [0.15, 0.2) is 16.6 Å². The van der Waals surface area contributed by atoms with Crippen LogP contribution in [0, 0.1) is 5.82 Å². The third-order valence-electron chi connectivity index (χ3n) is 7.50. The van der Waals surface area contributed by atoms with Crippen LogP contribution >= 0.6 is 11.3 Å². The van der Waals surface area contributed by atoms with Crippen LogP contribution < -0.4 is 19.1 Å². The zero-order valence-electron chi connectivity index (χ0n) is 24.1. The Morgan fingerprint density at radius 3 is 2.72 bits per heavy atom. The smallest absolute Gasteiger partial charge is 0.301 e. The van der Waals surface area contributed by atoms with Gasteiger partial charge in [0, 0.05) is 12.0 Å². The van der Waals surface area contributed by atoms with Gasteiger partial charge in [0.1, 0.15) is 23.4 Å². The molecule has 4 aromatic rings. The second kappa shape index (κ2) is 11.7. The number of aliphatic hydroxyl groups is 1. The van der Waals surface area contributed by atoms with Crippen LogP contribution in [0.1, 0.15) is 56.3 Å². The zero-order chi connectivity index (χ0) is 30.2. The fourth-order valence-electron chi connectivity index (χ4n) is 5.47. The first-order valence-electron chi connectivity index (χ1n) is 14.4. The molecule has 2 aliphatic heterocycles. The van der Waals surface area contributed by atoms with Gasteiger partial charge < -0.3 is 19.3 Å². The molecule has 8 nitrogen and oxygen atoms in total. The Labute approximate surface area is 252 Å². The Kier molecular flexibility index (Phi) is 7.79. The molecule has 0 spiro atoms. The van der Waals surface area contributed by atoms with Crippen LogP contribution in [-0.4, -0.2) is 41.1 Å². The zero-order valence-corrected chi connectivity index (χ0v) is 24.9. The van der Waals surface area contributed by atoms with E-state index in [1.807, 2.05) is 13.8 Å². The number of hydrogen-bond donors (Lipinski definition) is 1. The minimum absolute atomic E-state index is 0.00288. The lowest BCUT2D eigenvalue weighted by atomic mass is 9.94. The van der Waals surface area contributed by atoms with Crippen molar-refractivity contribution in [3.05, 3.63) is 82.7 Å². The average molecular weight is 603 g/mol. The molecule has 0 bridgehead atoms. The molecular formula is C33H31FN2O6S. The molecule has 0 unspecified atom stereocenters. The van der Waals surface area contributed by atoms with Gasteiger partial charge in [-0.05, 0) is 79.9 Å². The number of benzene rings is 3. The van der Waals surface area contributed by atoms with Crippen molar-refractivity contribution in [1.29, 1.82) is 0 Å². The molecule has 6 rings (SSSR count). The van der Waals surface area contributed by atoms with Crippen molar-refractivity contribution in [2.24, 2.45) is 0 Å². The van der Waals surface area contributed by atoms with Crippen molar-refractivity contribution < 1.29 is 33.3 Å². The van der Waals surface area contributed by atoms with Crippen LogP contribution in [0.5, 0.6) is 17.2 Å². The van der Waals surface area contributed by atoms with E-state index in [0.29, 0.717) is 52.5 Å². The van der Waals surface area contributed by atoms with Gasteiger partial charge >= 0.3 is 5.91 Å². The summed E-state index contributed by atoms with van der Waals surface area (Å²) in [5.74, 6) is -0.707. The average Bonchev–Trinajstić information content (AvgIpc) is 3.65. The van der Waals surface area contributed by atoms with Gasteiger partial charge in [-0.25, -0.2) is 9.37 Å². The molecular weight excluding hydrogens is 571 g/mol. The fraction of sp³-hybridized carbons (Fsp3) is 0.303. The number of unbranched alkanes of at least 4 members (excludes halogenated alkanes) is 1. The maximum absolute atomic E-state index is 14.0. The molecule has 222 valence electrons. The fourth-order valence-corrected chi connectivity index (χ4v) is 6.49. The summed E-state index contributed by atoms with van der Waals surface area (Å²) >= 11 is 1.10. The van der Waals surface area contributed by atoms with Crippen LogP contribution in [0.25, 0.3) is 16.0 Å². The SMILES string of the molecule is CCCCOc1ccc([C@H]2C(=C(O)c3ccc4c(c3)C[C@H](C)O4)C(=O)C(=O)N2c2nc3ccc(F)cc3s2)cc1OCC. The van der Waals surface area contributed by atoms with E-state index in [1.165, 1.54) is 23.1 Å². The van der Waals surface area contributed by atoms with Crippen molar-refractivity contribution in [2.75, 3.05) is 18.1 Å². The van der Waals surface area contributed by atoms with Crippen molar-refractivity contribution in [3.8, 4) is 17.2 Å². The number of ether oxygens (including phenoxy) is 3. The second-order valence-electron chi connectivity index (χ2n) is 10.6. The van der Waals surface area contributed by atoms with Crippen LogP contribution in [0.15, 0.2) is 60.2 Å². The Bertz CT molecular complexity index is 1770. The number of ketones is 1. The normalized spacial score (nSPS) is 19.1. The lowest BCUT2D eigenvalue weighted by Crippen LogP contribution is -2.29. The first-order chi connectivity index (χ1) is 20.8. The van der Waals surface area contributed by atoms with E-state index < -0.39 is 23.5 Å². The number of anilines is 1. The highest BCUT2D eigenvalue weighted by Gasteiger charge is 2.48. The molecule has 0 saturated carbocycles. The van der Waals surface area contributed by atoms with Gasteiger partial charge in [-0.3, -0.25) is 14.5 Å². The monoisotopic (exact) mass is 602 g/mol. The van der Waals surface area contributed by atoms with Crippen molar-refractivity contribution >= 4 is 44.1 Å². The summed E-state index contributed by atoms with van der Waals surface area (Å²) in [6, 6.07) is 13.6. The maximum Gasteiger partial charge on any atom is 0.301 e. The number of rotatable bonds is 9. The predicted octanol–water partition coefficient (Wildman–Crippen LogP) is 6.96. The molecule has 1 fully saturated rings. The molecule has 1 N–H and O–H groups in total. The van der Waals surface area contributed by atoms with Gasteiger partial charge in [0.25, 0.3) is 5.78 Å². The summed E-state index contributed by atoms with van der Waals surface area (Å²) < 4.78 is 32.2. The highest BCUT2D eigenvalue weighted by Crippen LogP contribution is 2.46. The second-order valence-corrected chi connectivity index (χ2v) is 11.6. The van der Waals surface area contributed by atoms with Gasteiger partial charge in [-0.15, -0.1) is 0 Å². The van der Waals surface area contributed by atoms with Crippen LogP contribution in [-0.2, 0) is 16.0 Å². The van der Waals surface area contributed by atoms with Crippen molar-refractivity contribution in [2.45, 2.75) is 52.2 Å². The van der Waals surface area contributed by atoms with E-state index in [4.69, 9.17) is 14.2 Å². The topological polar surface area (TPSA) is 98.2 Å². The maximum atomic E-state index is 14.0. The van der Waals surface area contributed by atoms with Crippen molar-refractivity contribution in [1.82, 2.24) is 4.98 Å². The summed E-state index contributed by atoms with van der Waals surface area (Å²) in [6.45, 7) is 6.77. The van der Waals surface area contributed by atoms with Crippen molar-refractivity contribution in [3.63, 3.8) is 0 Å². The lowest BCUT2D eigenvalue weighted by Gasteiger charge is -2.24. The van der Waals surface area contributed by atoms with Gasteiger partial charge in [-0.1, -0.05) is 30.7 Å². The Morgan fingerprint density at radius 2 is 1.93 bits per heavy atom. The summed E-state index contributed by atoms with van der Waals surface area (Å²) in [5.41, 5.74) is 2.24. The highest BCUT2D eigenvalue weighted by atomic mass is 32.1. The molecule has 10 heteroatoms. The molecule has 3 aromatic carbocycles. The highest BCUT2D eigenvalue weighted by molar-refractivity contribution is 7.22. The largest absolute Gasteiger partial charge is 0.507 e. The minimum atomic E-state index is -1.03. The number of aromatic nitrogens is 1. The summed E-state index contributed by atoms with van der Waals surface area (Å²) in [4.78, 5) is 33.3. The molecule has 1 amide bonds. The summed E-state index contributed by atoms with van der Waals surface area (Å²) in [6.07, 6.45) is 2.50. The van der Waals surface area contributed by atoms with E-state index in [9.17, 15) is 19.1 Å². The number of hydrogen-bond acceptors (Lipinski definition) is 8. The van der Waals surface area contributed by atoms with Gasteiger partial charge in [0.2, 0.25) is 0 Å². The van der Waals surface area contributed by atoms with E-state index >= 15 is 0 Å². The first kappa shape index (κ1) is 28.7. The number of aliphatic hydroxyl groups excluding tert-OH is 1. The lowest BCUT2D eigenvalue weighted by molar-refractivity contribution is -0.132. The van der Waals surface area contributed by atoms with E-state index in [2.05, 4.69) is 11.9 Å². The van der Waals surface area contributed by atoms with Crippen LogP contribution in [0.3, 0.4) is 0 Å². The molecule has 1 saturated heterocycles. The first-order valence-corrected chi connectivity index (χ1v) is 15.2. The Morgan fingerprint density at radius 1 is 1.09 bits per heavy atom. The van der Waals surface area contributed by atoms with Crippen LogP contribution in [0.4, 0.5) is 9.52 Å². The number of carbonyl (C=O) groups excluding carboxylic acids is 2. The number of amides is 1. The van der Waals surface area contributed by atoms with Gasteiger partial charge in [0.05, 0.1) is 35.0 Å². The number of carbonyl (C=O) groups is 2. The number of Topliss-reactive ketones (excluding diaryl/α,β-unsaturated/α-hetero) is 1. The molecule has 0 aliphatic carbocycles. The molecule has 0 radical (unpaired) electrons. The number of fused-ring (bicyclic) bond motifs is 2. The quantitative estimate of drug-likeness (QED) is 0.0957. The molecule has 2 atom stereocenters. The molecule has 3 heterocycles. The number of thiazole rings is 1.